The minimum absolute atomic E-state index is 0.245. The standard InChI is InChI=1S/C14H18ClNOS/c1-10(17)7-8-16(2)9-13-14(15)11-5-3-4-6-12(11)18-13/h3-6,10,17H,7-9H2,1-2H3. The minimum atomic E-state index is -0.245. The second kappa shape index (κ2) is 6.02. The number of hydrogen-bond donors (Lipinski definition) is 1. The summed E-state index contributed by atoms with van der Waals surface area (Å²) in [5.74, 6) is 0. The topological polar surface area (TPSA) is 23.5 Å². The van der Waals surface area contributed by atoms with Crippen LogP contribution < -0.4 is 0 Å². The molecule has 0 aliphatic heterocycles. The molecular formula is C14H18ClNOS. The van der Waals surface area contributed by atoms with Gasteiger partial charge < -0.3 is 10.0 Å². The van der Waals surface area contributed by atoms with Gasteiger partial charge in [-0.05, 0) is 26.5 Å². The van der Waals surface area contributed by atoms with Crippen molar-refractivity contribution in [3.05, 3.63) is 34.2 Å². The van der Waals surface area contributed by atoms with Crippen LogP contribution in [0.3, 0.4) is 0 Å². The summed E-state index contributed by atoms with van der Waals surface area (Å²) >= 11 is 8.15. The molecule has 1 atom stereocenters. The Balaban J connectivity index is 2.09. The van der Waals surface area contributed by atoms with Gasteiger partial charge in [-0.3, -0.25) is 0 Å². The van der Waals surface area contributed by atoms with Crippen molar-refractivity contribution in [2.45, 2.75) is 26.0 Å². The van der Waals surface area contributed by atoms with Crippen LogP contribution in [-0.2, 0) is 6.54 Å². The summed E-state index contributed by atoms with van der Waals surface area (Å²) < 4.78 is 1.24. The molecule has 18 heavy (non-hydrogen) atoms. The molecule has 0 bridgehead atoms. The number of benzene rings is 1. The number of fused-ring (bicyclic) bond motifs is 1. The molecule has 1 unspecified atom stereocenters. The van der Waals surface area contributed by atoms with E-state index >= 15 is 0 Å². The average molecular weight is 284 g/mol. The number of aliphatic hydroxyl groups excluding tert-OH is 1. The van der Waals surface area contributed by atoms with Crippen LogP contribution >= 0.6 is 22.9 Å². The van der Waals surface area contributed by atoms with Crippen molar-refractivity contribution in [2.75, 3.05) is 13.6 Å². The zero-order valence-corrected chi connectivity index (χ0v) is 12.3. The van der Waals surface area contributed by atoms with E-state index in [0.717, 1.165) is 29.9 Å². The van der Waals surface area contributed by atoms with E-state index in [-0.39, 0.29) is 6.10 Å². The first-order valence-electron chi connectivity index (χ1n) is 6.10. The number of aliphatic hydroxyl groups is 1. The van der Waals surface area contributed by atoms with E-state index in [1.165, 1.54) is 9.58 Å². The molecule has 0 aliphatic carbocycles. The SMILES string of the molecule is CC(O)CCN(C)Cc1sc2ccccc2c1Cl. The highest BCUT2D eigenvalue weighted by Gasteiger charge is 2.11. The van der Waals surface area contributed by atoms with E-state index in [2.05, 4.69) is 24.1 Å². The van der Waals surface area contributed by atoms with Crippen molar-refractivity contribution >= 4 is 33.0 Å². The molecule has 0 spiro atoms. The van der Waals surface area contributed by atoms with E-state index in [1.807, 2.05) is 19.1 Å². The smallest absolute Gasteiger partial charge is 0.0637 e. The normalized spacial score (nSPS) is 13.4. The van der Waals surface area contributed by atoms with Crippen molar-refractivity contribution in [1.29, 1.82) is 0 Å². The maximum absolute atomic E-state index is 9.29. The van der Waals surface area contributed by atoms with E-state index < -0.39 is 0 Å². The first-order chi connectivity index (χ1) is 8.58. The maximum atomic E-state index is 9.29. The Morgan fingerprint density at radius 1 is 1.39 bits per heavy atom. The maximum Gasteiger partial charge on any atom is 0.0637 e. The second-order valence-electron chi connectivity index (χ2n) is 4.71. The van der Waals surface area contributed by atoms with E-state index in [1.54, 1.807) is 11.3 Å². The Morgan fingerprint density at radius 2 is 2.11 bits per heavy atom. The lowest BCUT2D eigenvalue weighted by Crippen LogP contribution is -2.21. The van der Waals surface area contributed by atoms with Gasteiger partial charge in [-0.15, -0.1) is 11.3 Å². The molecule has 1 aromatic heterocycles. The van der Waals surface area contributed by atoms with Gasteiger partial charge in [0.1, 0.15) is 0 Å². The molecular weight excluding hydrogens is 266 g/mol. The molecule has 0 fully saturated rings. The van der Waals surface area contributed by atoms with Crippen molar-refractivity contribution in [2.24, 2.45) is 0 Å². The molecule has 4 heteroatoms. The third kappa shape index (κ3) is 3.23. The number of rotatable bonds is 5. The predicted octanol–water partition coefficient (Wildman–Crippen LogP) is 3.76. The summed E-state index contributed by atoms with van der Waals surface area (Å²) in [5, 5.41) is 11.3. The molecule has 1 aromatic carbocycles. The van der Waals surface area contributed by atoms with E-state index in [9.17, 15) is 5.11 Å². The predicted molar refractivity (Wildman–Crippen MR) is 79.5 cm³/mol. The van der Waals surface area contributed by atoms with Crippen LogP contribution in [-0.4, -0.2) is 29.7 Å². The molecule has 0 radical (unpaired) electrons. The highest BCUT2D eigenvalue weighted by molar-refractivity contribution is 7.19. The number of halogens is 1. The zero-order valence-electron chi connectivity index (χ0n) is 10.7. The fourth-order valence-corrected chi connectivity index (χ4v) is 3.47. The molecule has 0 aliphatic rings. The van der Waals surface area contributed by atoms with Gasteiger partial charge in [0.25, 0.3) is 0 Å². The van der Waals surface area contributed by atoms with Gasteiger partial charge in [0, 0.05) is 28.1 Å². The molecule has 0 amide bonds. The summed E-state index contributed by atoms with van der Waals surface area (Å²) in [6.45, 7) is 3.54. The lowest BCUT2D eigenvalue weighted by Gasteiger charge is -2.16. The van der Waals surface area contributed by atoms with Gasteiger partial charge in [-0.1, -0.05) is 29.8 Å². The molecule has 0 saturated carbocycles. The Labute approximate surface area is 117 Å². The van der Waals surface area contributed by atoms with Gasteiger partial charge in [-0.2, -0.15) is 0 Å². The Kier molecular flexibility index (Phi) is 4.62. The highest BCUT2D eigenvalue weighted by Crippen LogP contribution is 2.35. The quantitative estimate of drug-likeness (QED) is 0.903. The molecule has 2 aromatic rings. The number of thiophene rings is 1. The lowest BCUT2D eigenvalue weighted by molar-refractivity contribution is 0.163. The van der Waals surface area contributed by atoms with Crippen molar-refractivity contribution in [3.63, 3.8) is 0 Å². The Bertz CT molecular complexity index is 523. The average Bonchev–Trinajstić information content (AvgIpc) is 2.65. The Morgan fingerprint density at radius 3 is 2.78 bits per heavy atom. The van der Waals surface area contributed by atoms with E-state index in [0.29, 0.717) is 0 Å². The molecule has 0 saturated heterocycles. The molecule has 2 rings (SSSR count). The van der Waals surface area contributed by atoms with Gasteiger partial charge in [0.2, 0.25) is 0 Å². The first-order valence-corrected chi connectivity index (χ1v) is 7.30. The largest absolute Gasteiger partial charge is 0.393 e. The molecule has 98 valence electrons. The summed E-state index contributed by atoms with van der Waals surface area (Å²) in [6, 6.07) is 8.22. The highest BCUT2D eigenvalue weighted by atomic mass is 35.5. The third-order valence-corrected chi connectivity index (χ3v) is 4.64. The van der Waals surface area contributed by atoms with Gasteiger partial charge in [0.05, 0.1) is 11.1 Å². The number of hydrogen-bond acceptors (Lipinski definition) is 3. The van der Waals surface area contributed by atoms with Crippen LogP contribution in [0.5, 0.6) is 0 Å². The first kappa shape index (κ1) is 13.8. The monoisotopic (exact) mass is 283 g/mol. The summed E-state index contributed by atoms with van der Waals surface area (Å²) in [6.07, 6.45) is 0.546. The van der Waals surface area contributed by atoms with Crippen LogP contribution in [0, 0.1) is 0 Å². The molecule has 1 heterocycles. The zero-order chi connectivity index (χ0) is 13.1. The van der Waals surface area contributed by atoms with Crippen LogP contribution in [0.1, 0.15) is 18.2 Å². The van der Waals surface area contributed by atoms with Gasteiger partial charge in [-0.25, -0.2) is 0 Å². The van der Waals surface area contributed by atoms with Crippen molar-refractivity contribution in [1.82, 2.24) is 4.90 Å². The van der Waals surface area contributed by atoms with Crippen molar-refractivity contribution < 1.29 is 5.11 Å². The summed E-state index contributed by atoms with van der Waals surface area (Å²) in [7, 11) is 2.06. The second-order valence-corrected chi connectivity index (χ2v) is 6.23. The van der Waals surface area contributed by atoms with E-state index in [4.69, 9.17) is 11.6 Å². The molecule has 1 N–H and O–H groups in total. The van der Waals surface area contributed by atoms with Crippen LogP contribution in [0.15, 0.2) is 24.3 Å². The van der Waals surface area contributed by atoms with Crippen LogP contribution in [0.2, 0.25) is 5.02 Å². The Hall–Kier alpha value is -0.610. The minimum Gasteiger partial charge on any atom is -0.393 e. The summed E-state index contributed by atoms with van der Waals surface area (Å²) in [4.78, 5) is 3.40. The lowest BCUT2D eigenvalue weighted by atomic mass is 10.2. The fraction of sp³-hybridized carbons (Fsp3) is 0.429. The number of nitrogens with zero attached hydrogens (tertiary/aromatic N) is 1. The van der Waals surface area contributed by atoms with Crippen molar-refractivity contribution in [3.8, 4) is 0 Å². The van der Waals surface area contributed by atoms with Crippen LogP contribution in [0.25, 0.3) is 10.1 Å². The molecule has 2 nitrogen and oxygen atoms in total. The third-order valence-electron chi connectivity index (χ3n) is 2.94. The van der Waals surface area contributed by atoms with Gasteiger partial charge >= 0.3 is 0 Å². The fourth-order valence-electron chi connectivity index (χ4n) is 1.90. The van der Waals surface area contributed by atoms with Gasteiger partial charge in [0.15, 0.2) is 0 Å². The summed E-state index contributed by atoms with van der Waals surface area (Å²) in [5.41, 5.74) is 0. The van der Waals surface area contributed by atoms with Crippen LogP contribution in [0.4, 0.5) is 0 Å².